The quantitative estimate of drug-likeness (QED) is 0.368. The summed E-state index contributed by atoms with van der Waals surface area (Å²) in [6.07, 6.45) is 6.03. The Bertz CT molecular complexity index is 1250. The minimum absolute atomic E-state index is 0.569. The molecule has 0 N–H and O–H groups in total. The molecule has 1 saturated carbocycles. The molecule has 0 aliphatic heterocycles. The lowest BCUT2D eigenvalue weighted by Crippen LogP contribution is -2.20. The standard InChI is InChI=1S/C26H26N4O3/c1-31-21-10-20(11-22(13-21)32-2)30(16-17-4-5-17)19-7-8-23-24(12-19)29-25(15-27-23)18-6-9-26(33-3)28-14-18/h6-15,17H,4-5,16H2,1-3H3. The van der Waals surface area contributed by atoms with Crippen LogP contribution in [-0.4, -0.2) is 42.8 Å². The average Bonchev–Trinajstić information content (AvgIpc) is 3.70. The van der Waals surface area contributed by atoms with Gasteiger partial charge in [0.05, 0.1) is 44.3 Å². The first-order valence-electron chi connectivity index (χ1n) is 10.9. The van der Waals surface area contributed by atoms with Crippen LogP contribution in [0.3, 0.4) is 0 Å². The summed E-state index contributed by atoms with van der Waals surface area (Å²) >= 11 is 0. The van der Waals surface area contributed by atoms with Gasteiger partial charge in [-0.25, -0.2) is 9.97 Å². The van der Waals surface area contributed by atoms with Gasteiger partial charge in [-0.3, -0.25) is 4.98 Å². The van der Waals surface area contributed by atoms with Gasteiger partial charge in [0.25, 0.3) is 0 Å². The maximum atomic E-state index is 5.51. The first kappa shape index (κ1) is 21.0. The van der Waals surface area contributed by atoms with E-state index in [1.54, 1.807) is 33.7 Å². The van der Waals surface area contributed by atoms with E-state index < -0.39 is 0 Å². The molecule has 2 aromatic heterocycles. The zero-order valence-electron chi connectivity index (χ0n) is 19.0. The molecular weight excluding hydrogens is 416 g/mol. The number of pyridine rings is 1. The van der Waals surface area contributed by atoms with Gasteiger partial charge in [-0.05, 0) is 43.0 Å². The van der Waals surface area contributed by atoms with E-state index in [2.05, 4.69) is 27.0 Å². The normalized spacial score (nSPS) is 13.1. The minimum atomic E-state index is 0.569. The summed E-state index contributed by atoms with van der Waals surface area (Å²) in [7, 11) is 4.95. The largest absolute Gasteiger partial charge is 0.497 e. The van der Waals surface area contributed by atoms with Crippen LogP contribution in [0.2, 0.25) is 0 Å². The summed E-state index contributed by atoms with van der Waals surface area (Å²) in [5.74, 6) is 2.78. The van der Waals surface area contributed by atoms with E-state index in [4.69, 9.17) is 19.2 Å². The van der Waals surface area contributed by atoms with Crippen molar-refractivity contribution in [1.29, 1.82) is 0 Å². The number of hydrogen-bond donors (Lipinski definition) is 0. The molecule has 0 saturated heterocycles. The van der Waals surface area contributed by atoms with E-state index in [-0.39, 0.29) is 0 Å². The average molecular weight is 443 g/mol. The van der Waals surface area contributed by atoms with E-state index in [1.165, 1.54) is 12.8 Å². The molecule has 1 fully saturated rings. The van der Waals surface area contributed by atoms with Gasteiger partial charge in [-0.1, -0.05) is 0 Å². The van der Waals surface area contributed by atoms with Crippen molar-refractivity contribution in [2.24, 2.45) is 5.92 Å². The van der Waals surface area contributed by atoms with Crippen molar-refractivity contribution in [3.63, 3.8) is 0 Å². The molecule has 2 aromatic carbocycles. The molecular formula is C26H26N4O3. The number of aromatic nitrogens is 3. The Hall–Kier alpha value is -3.87. The van der Waals surface area contributed by atoms with Gasteiger partial charge < -0.3 is 19.1 Å². The van der Waals surface area contributed by atoms with Gasteiger partial charge in [-0.2, -0.15) is 0 Å². The molecule has 1 aliphatic rings. The van der Waals surface area contributed by atoms with Crippen molar-refractivity contribution >= 4 is 22.4 Å². The van der Waals surface area contributed by atoms with E-state index >= 15 is 0 Å². The molecule has 0 amide bonds. The lowest BCUT2D eigenvalue weighted by atomic mass is 10.1. The van der Waals surface area contributed by atoms with Gasteiger partial charge >= 0.3 is 0 Å². The molecule has 0 unspecified atom stereocenters. The monoisotopic (exact) mass is 442 g/mol. The van der Waals surface area contributed by atoms with Crippen molar-refractivity contribution in [1.82, 2.24) is 15.0 Å². The summed E-state index contributed by atoms with van der Waals surface area (Å²) in [5.41, 5.74) is 5.43. The molecule has 1 aliphatic carbocycles. The Morgan fingerprint density at radius 2 is 1.58 bits per heavy atom. The van der Waals surface area contributed by atoms with Crippen molar-refractivity contribution in [3.8, 4) is 28.6 Å². The van der Waals surface area contributed by atoms with Crippen molar-refractivity contribution in [3.05, 3.63) is 60.9 Å². The number of hydrogen-bond acceptors (Lipinski definition) is 7. The molecule has 7 heteroatoms. The fourth-order valence-corrected chi connectivity index (χ4v) is 3.83. The number of methoxy groups -OCH3 is 3. The molecule has 5 rings (SSSR count). The highest BCUT2D eigenvalue weighted by Crippen LogP contribution is 2.38. The molecule has 0 spiro atoms. The van der Waals surface area contributed by atoms with Crippen molar-refractivity contribution < 1.29 is 14.2 Å². The molecule has 33 heavy (non-hydrogen) atoms. The van der Waals surface area contributed by atoms with Crippen molar-refractivity contribution in [2.75, 3.05) is 32.8 Å². The second kappa shape index (κ2) is 8.94. The topological polar surface area (TPSA) is 69.6 Å². The maximum Gasteiger partial charge on any atom is 0.212 e. The van der Waals surface area contributed by atoms with Crippen LogP contribution in [0.4, 0.5) is 11.4 Å². The molecule has 168 valence electrons. The third kappa shape index (κ3) is 4.53. The highest BCUT2D eigenvalue weighted by molar-refractivity contribution is 5.82. The predicted octanol–water partition coefficient (Wildman–Crippen LogP) is 5.27. The summed E-state index contributed by atoms with van der Waals surface area (Å²) in [5, 5.41) is 0. The first-order valence-corrected chi connectivity index (χ1v) is 10.9. The van der Waals surface area contributed by atoms with Crippen LogP contribution in [0.1, 0.15) is 12.8 Å². The van der Waals surface area contributed by atoms with E-state index in [0.717, 1.165) is 51.7 Å². The molecule has 2 heterocycles. The van der Waals surface area contributed by atoms with Crippen LogP contribution in [0, 0.1) is 5.92 Å². The highest BCUT2D eigenvalue weighted by Gasteiger charge is 2.26. The lowest BCUT2D eigenvalue weighted by Gasteiger charge is -2.26. The van der Waals surface area contributed by atoms with Gasteiger partial charge in [-0.15, -0.1) is 0 Å². The fourth-order valence-electron chi connectivity index (χ4n) is 3.83. The smallest absolute Gasteiger partial charge is 0.212 e. The predicted molar refractivity (Wildman–Crippen MR) is 129 cm³/mol. The molecule has 7 nitrogen and oxygen atoms in total. The van der Waals surface area contributed by atoms with E-state index in [1.807, 2.05) is 36.4 Å². The van der Waals surface area contributed by atoms with Crippen LogP contribution < -0.4 is 19.1 Å². The third-order valence-electron chi connectivity index (χ3n) is 5.86. The first-order chi connectivity index (χ1) is 16.2. The molecule has 0 bridgehead atoms. The van der Waals surface area contributed by atoms with E-state index in [9.17, 15) is 0 Å². The fraction of sp³-hybridized carbons (Fsp3) is 0.269. The second-order valence-corrected chi connectivity index (χ2v) is 8.14. The third-order valence-corrected chi connectivity index (χ3v) is 5.86. The van der Waals surface area contributed by atoms with Gasteiger partial charge in [0.2, 0.25) is 5.88 Å². The Kier molecular flexibility index (Phi) is 5.69. The number of rotatable bonds is 8. The number of benzene rings is 2. The zero-order chi connectivity index (χ0) is 22.8. The number of nitrogens with zero attached hydrogens (tertiary/aromatic N) is 4. The van der Waals surface area contributed by atoms with Gasteiger partial charge in [0.15, 0.2) is 0 Å². The van der Waals surface area contributed by atoms with Crippen LogP contribution in [0.15, 0.2) is 60.9 Å². The summed E-state index contributed by atoms with van der Waals surface area (Å²) in [4.78, 5) is 16.1. The molecule has 0 atom stereocenters. The summed E-state index contributed by atoms with van der Waals surface area (Å²) in [6.45, 7) is 0.928. The Balaban J connectivity index is 1.55. The van der Waals surface area contributed by atoms with E-state index in [0.29, 0.717) is 11.8 Å². The number of ether oxygens (including phenoxy) is 3. The second-order valence-electron chi connectivity index (χ2n) is 8.14. The number of fused-ring (bicyclic) bond motifs is 1. The Morgan fingerprint density at radius 3 is 2.21 bits per heavy atom. The van der Waals surface area contributed by atoms with Gasteiger partial charge in [0.1, 0.15) is 11.5 Å². The highest BCUT2D eigenvalue weighted by atomic mass is 16.5. The van der Waals surface area contributed by atoms with Crippen LogP contribution in [0.5, 0.6) is 17.4 Å². The van der Waals surface area contributed by atoms with Gasteiger partial charge in [0, 0.05) is 53.9 Å². The summed E-state index contributed by atoms with van der Waals surface area (Å²) < 4.78 is 16.2. The van der Waals surface area contributed by atoms with Crippen LogP contribution in [-0.2, 0) is 0 Å². The Morgan fingerprint density at radius 1 is 0.788 bits per heavy atom. The molecule has 4 aromatic rings. The SMILES string of the molecule is COc1cc(OC)cc(N(CC2CC2)c2ccc3ncc(-c4ccc(OC)nc4)nc3c2)c1. The summed E-state index contributed by atoms with van der Waals surface area (Å²) in [6, 6.07) is 15.9. The van der Waals surface area contributed by atoms with Crippen LogP contribution >= 0.6 is 0 Å². The minimum Gasteiger partial charge on any atom is -0.497 e. The molecule has 0 radical (unpaired) electrons. The zero-order valence-corrected chi connectivity index (χ0v) is 19.0. The lowest BCUT2D eigenvalue weighted by molar-refractivity contribution is 0.394. The Labute approximate surface area is 193 Å². The van der Waals surface area contributed by atoms with Crippen molar-refractivity contribution in [2.45, 2.75) is 12.8 Å². The number of anilines is 2. The maximum absolute atomic E-state index is 5.51. The van der Waals surface area contributed by atoms with Crippen LogP contribution in [0.25, 0.3) is 22.3 Å².